The van der Waals surface area contributed by atoms with Crippen LogP contribution in [0.5, 0.6) is 0 Å². The maximum atomic E-state index is 5.63. The summed E-state index contributed by atoms with van der Waals surface area (Å²) in [6.07, 6.45) is 2.07. The first-order chi connectivity index (χ1) is 12.7. The third-order valence-corrected chi connectivity index (χ3v) is 6.04. The lowest BCUT2D eigenvalue weighted by Crippen LogP contribution is -2.48. The summed E-state index contributed by atoms with van der Waals surface area (Å²) >= 11 is 1.75. The maximum absolute atomic E-state index is 5.63. The van der Waals surface area contributed by atoms with E-state index >= 15 is 0 Å². The zero-order chi connectivity index (χ0) is 18.2. The number of hydrogen-bond acceptors (Lipinski definition) is 3. The number of ether oxygens (including phenoxy) is 1. The lowest BCUT2D eigenvalue weighted by molar-refractivity contribution is 0.0514. The highest BCUT2D eigenvalue weighted by molar-refractivity contribution is 7.07. The van der Waals surface area contributed by atoms with Crippen LogP contribution in [0.1, 0.15) is 36.8 Å². The molecule has 0 bridgehead atoms. The minimum Gasteiger partial charge on any atom is -0.381 e. The number of nitrogens with zero attached hydrogens (tertiary/aromatic N) is 1. The Morgan fingerprint density at radius 3 is 2.62 bits per heavy atom. The van der Waals surface area contributed by atoms with Gasteiger partial charge in [0.25, 0.3) is 0 Å². The van der Waals surface area contributed by atoms with Gasteiger partial charge in [0, 0.05) is 38.8 Å². The summed E-state index contributed by atoms with van der Waals surface area (Å²) in [5.41, 5.74) is 2.87. The van der Waals surface area contributed by atoms with Gasteiger partial charge in [-0.15, -0.1) is 0 Å². The third kappa shape index (κ3) is 4.65. The maximum Gasteiger partial charge on any atom is 0.191 e. The Bertz CT molecular complexity index is 679. The summed E-state index contributed by atoms with van der Waals surface area (Å²) in [7, 11) is 1.84. The number of thiophene rings is 1. The molecule has 26 heavy (non-hydrogen) atoms. The lowest BCUT2D eigenvalue weighted by Gasteiger charge is -2.38. The fourth-order valence-electron chi connectivity index (χ4n) is 3.52. The molecule has 3 rings (SSSR count). The van der Waals surface area contributed by atoms with Crippen molar-refractivity contribution in [1.29, 1.82) is 0 Å². The van der Waals surface area contributed by atoms with Crippen LogP contribution >= 0.6 is 11.3 Å². The molecule has 2 heterocycles. The average Bonchev–Trinajstić information content (AvgIpc) is 3.24. The second-order valence-electron chi connectivity index (χ2n) is 7.02. The highest BCUT2D eigenvalue weighted by atomic mass is 32.1. The first-order valence-electron chi connectivity index (χ1n) is 9.33. The standard InChI is InChI=1S/C21H29N3OS/c1-17(18-8-13-26-15-18)14-23-20(22-2)24-16-21(9-11-25-12-10-21)19-6-4-3-5-7-19/h3-8,13,15,17H,9-12,14,16H2,1-2H3,(H2,22,23,24). The monoisotopic (exact) mass is 371 g/mol. The van der Waals surface area contributed by atoms with Crippen molar-refractivity contribution in [2.24, 2.45) is 4.99 Å². The second-order valence-corrected chi connectivity index (χ2v) is 7.80. The molecule has 2 aromatic rings. The summed E-state index contributed by atoms with van der Waals surface area (Å²) in [4.78, 5) is 4.42. The van der Waals surface area contributed by atoms with E-state index in [4.69, 9.17) is 4.74 Å². The number of aliphatic imine (C=N–C) groups is 1. The molecule has 0 saturated carbocycles. The topological polar surface area (TPSA) is 45.7 Å². The van der Waals surface area contributed by atoms with Crippen molar-refractivity contribution in [1.82, 2.24) is 10.6 Å². The predicted molar refractivity (Wildman–Crippen MR) is 110 cm³/mol. The second kappa shape index (κ2) is 9.19. The Balaban J connectivity index is 1.60. The van der Waals surface area contributed by atoms with Crippen LogP contribution in [-0.2, 0) is 10.2 Å². The Kier molecular flexibility index (Phi) is 6.69. The minimum atomic E-state index is 0.107. The van der Waals surface area contributed by atoms with E-state index in [1.54, 1.807) is 11.3 Å². The summed E-state index contributed by atoms with van der Waals surface area (Å²) in [6.45, 7) is 5.62. The van der Waals surface area contributed by atoms with Crippen molar-refractivity contribution in [3.05, 3.63) is 58.3 Å². The molecule has 1 atom stereocenters. The fourth-order valence-corrected chi connectivity index (χ4v) is 4.30. The SMILES string of the molecule is CN=C(NCC(C)c1ccsc1)NCC1(c2ccccc2)CCOCC1. The average molecular weight is 372 g/mol. The van der Waals surface area contributed by atoms with E-state index in [2.05, 4.69) is 69.7 Å². The van der Waals surface area contributed by atoms with E-state index in [1.807, 2.05) is 7.05 Å². The number of nitrogens with one attached hydrogen (secondary N) is 2. The molecule has 1 aromatic carbocycles. The van der Waals surface area contributed by atoms with Crippen LogP contribution in [0.4, 0.5) is 0 Å². The van der Waals surface area contributed by atoms with Gasteiger partial charge in [-0.3, -0.25) is 4.99 Å². The number of benzene rings is 1. The van der Waals surface area contributed by atoms with Crippen molar-refractivity contribution >= 4 is 17.3 Å². The van der Waals surface area contributed by atoms with E-state index in [1.165, 1.54) is 11.1 Å². The van der Waals surface area contributed by atoms with Crippen molar-refractivity contribution in [2.45, 2.75) is 31.1 Å². The van der Waals surface area contributed by atoms with Gasteiger partial charge in [-0.2, -0.15) is 11.3 Å². The molecule has 1 unspecified atom stereocenters. The van der Waals surface area contributed by atoms with Gasteiger partial charge in [0.15, 0.2) is 5.96 Å². The number of rotatable bonds is 6. The molecule has 1 aromatic heterocycles. The molecule has 5 heteroatoms. The van der Waals surface area contributed by atoms with Gasteiger partial charge in [-0.05, 0) is 46.7 Å². The van der Waals surface area contributed by atoms with E-state index < -0.39 is 0 Å². The molecule has 0 aliphatic carbocycles. The smallest absolute Gasteiger partial charge is 0.191 e. The van der Waals surface area contributed by atoms with E-state index in [9.17, 15) is 0 Å². The van der Waals surface area contributed by atoms with Gasteiger partial charge < -0.3 is 15.4 Å². The minimum absolute atomic E-state index is 0.107. The molecule has 0 spiro atoms. The van der Waals surface area contributed by atoms with Crippen LogP contribution in [-0.4, -0.2) is 39.3 Å². The number of guanidine groups is 1. The van der Waals surface area contributed by atoms with Crippen LogP contribution in [0.15, 0.2) is 52.2 Å². The highest BCUT2D eigenvalue weighted by Gasteiger charge is 2.34. The van der Waals surface area contributed by atoms with Crippen molar-refractivity contribution < 1.29 is 4.74 Å². The van der Waals surface area contributed by atoms with E-state index in [0.29, 0.717) is 5.92 Å². The van der Waals surface area contributed by atoms with Gasteiger partial charge in [-0.1, -0.05) is 37.3 Å². The molecule has 4 nitrogen and oxygen atoms in total. The van der Waals surface area contributed by atoms with E-state index in [-0.39, 0.29) is 5.41 Å². The largest absolute Gasteiger partial charge is 0.381 e. The molecule has 1 aliphatic rings. The lowest BCUT2D eigenvalue weighted by atomic mass is 9.74. The first kappa shape index (κ1) is 18.9. The highest BCUT2D eigenvalue weighted by Crippen LogP contribution is 2.34. The Labute approximate surface area is 160 Å². The Morgan fingerprint density at radius 1 is 1.19 bits per heavy atom. The molecular formula is C21H29N3OS. The Hall–Kier alpha value is -1.85. The Morgan fingerprint density at radius 2 is 1.96 bits per heavy atom. The van der Waals surface area contributed by atoms with E-state index in [0.717, 1.165) is 45.1 Å². The van der Waals surface area contributed by atoms with Crippen LogP contribution in [0.3, 0.4) is 0 Å². The summed E-state index contributed by atoms with van der Waals surface area (Å²) < 4.78 is 5.63. The van der Waals surface area contributed by atoms with Crippen LogP contribution in [0.2, 0.25) is 0 Å². The van der Waals surface area contributed by atoms with Gasteiger partial charge in [0.1, 0.15) is 0 Å². The summed E-state index contributed by atoms with van der Waals surface area (Å²) in [5, 5.41) is 11.4. The zero-order valence-electron chi connectivity index (χ0n) is 15.7. The van der Waals surface area contributed by atoms with Crippen molar-refractivity contribution in [2.75, 3.05) is 33.4 Å². The van der Waals surface area contributed by atoms with Gasteiger partial charge >= 0.3 is 0 Å². The van der Waals surface area contributed by atoms with Gasteiger partial charge in [-0.25, -0.2) is 0 Å². The number of hydrogen-bond donors (Lipinski definition) is 2. The first-order valence-corrected chi connectivity index (χ1v) is 10.3. The molecular weight excluding hydrogens is 342 g/mol. The quantitative estimate of drug-likeness (QED) is 0.600. The molecule has 0 amide bonds. The van der Waals surface area contributed by atoms with Crippen molar-refractivity contribution in [3.8, 4) is 0 Å². The summed E-state index contributed by atoms with van der Waals surface area (Å²) in [5.74, 6) is 1.33. The van der Waals surface area contributed by atoms with Crippen molar-refractivity contribution in [3.63, 3.8) is 0 Å². The van der Waals surface area contributed by atoms with Crippen LogP contribution in [0, 0.1) is 0 Å². The zero-order valence-corrected chi connectivity index (χ0v) is 16.5. The molecule has 0 radical (unpaired) electrons. The van der Waals surface area contributed by atoms with Gasteiger partial charge in [0.05, 0.1) is 0 Å². The normalized spacial score (nSPS) is 18.3. The molecule has 140 valence electrons. The molecule has 1 saturated heterocycles. The van der Waals surface area contributed by atoms with Gasteiger partial charge in [0.2, 0.25) is 0 Å². The predicted octanol–water partition coefficient (Wildman–Crippen LogP) is 3.77. The van der Waals surface area contributed by atoms with Crippen LogP contribution in [0.25, 0.3) is 0 Å². The van der Waals surface area contributed by atoms with Crippen LogP contribution < -0.4 is 10.6 Å². The third-order valence-electron chi connectivity index (χ3n) is 5.34. The molecule has 1 fully saturated rings. The summed E-state index contributed by atoms with van der Waals surface area (Å²) in [6, 6.07) is 13.0. The molecule has 1 aliphatic heterocycles. The fraction of sp³-hybridized carbons (Fsp3) is 0.476. The molecule has 2 N–H and O–H groups in total.